The Morgan fingerprint density at radius 1 is 0.909 bits per heavy atom. The minimum atomic E-state index is 0.493. The van der Waals surface area contributed by atoms with Crippen molar-refractivity contribution in [2.45, 2.75) is 0 Å². The molecule has 106 valence electrons. The molecule has 0 atom stereocenters. The lowest BCUT2D eigenvalue weighted by Gasteiger charge is -2.06. The summed E-state index contributed by atoms with van der Waals surface area (Å²) in [6.07, 6.45) is 0. The van der Waals surface area contributed by atoms with Crippen molar-refractivity contribution in [2.24, 2.45) is 0 Å². The van der Waals surface area contributed by atoms with Crippen LogP contribution >= 0.6 is 11.6 Å². The zero-order valence-corrected chi connectivity index (χ0v) is 12.6. The van der Waals surface area contributed by atoms with E-state index in [9.17, 15) is 0 Å². The summed E-state index contributed by atoms with van der Waals surface area (Å²) in [4.78, 5) is 7.63. The van der Waals surface area contributed by atoms with Crippen molar-refractivity contribution in [1.82, 2.24) is 9.97 Å². The Bertz CT molecular complexity index is 1000. The van der Waals surface area contributed by atoms with E-state index in [4.69, 9.17) is 11.6 Å². The fraction of sp³-hybridized carbons (Fsp3) is 0. The maximum Gasteiger partial charge on any atom is 0.140 e. The van der Waals surface area contributed by atoms with Crippen molar-refractivity contribution >= 4 is 39.1 Å². The van der Waals surface area contributed by atoms with Gasteiger partial charge in [0.1, 0.15) is 10.8 Å². The SMILES string of the molecule is C=C(c1ccccc1)c1ccc2[nH]c3nc(Cl)ccc3c2c1. The van der Waals surface area contributed by atoms with Crippen molar-refractivity contribution in [3.63, 3.8) is 0 Å². The first-order chi connectivity index (χ1) is 10.7. The maximum absolute atomic E-state index is 5.96. The van der Waals surface area contributed by atoms with E-state index < -0.39 is 0 Å². The van der Waals surface area contributed by atoms with Gasteiger partial charge in [0.15, 0.2) is 0 Å². The topological polar surface area (TPSA) is 28.7 Å². The van der Waals surface area contributed by atoms with Crippen LogP contribution in [0.25, 0.3) is 27.5 Å². The van der Waals surface area contributed by atoms with Crippen molar-refractivity contribution in [3.8, 4) is 0 Å². The van der Waals surface area contributed by atoms with Crippen LogP contribution in [0.3, 0.4) is 0 Å². The third kappa shape index (κ3) is 2.09. The van der Waals surface area contributed by atoms with E-state index in [1.807, 2.05) is 30.3 Å². The summed E-state index contributed by atoms with van der Waals surface area (Å²) in [5.41, 5.74) is 5.11. The average molecular weight is 305 g/mol. The summed E-state index contributed by atoms with van der Waals surface area (Å²) < 4.78 is 0. The predicted molar refractivity (Wildman–Crippen MR) is 93.2 cm³/mol. The average Bonchev–Trinajstić information content (AvgIpc) is 2.91. The maximum atomic E-state index is 5.96. The number of hydrogen-bond donors (Lipinski definition) is 1. The number of nitrogens with zero attached hydrogens (tertiary/aromatic N) is 1. The first kappa shape index (κ1) is 13.1. The fourth-order valence-corrected chi connectivity index (χ4v) is 2.89. The van der Waals surface area contributed by atoms with Gasteiger partial charge in [-0.05, 0) is 41.0 Å². The molecule has 4 aromatic rings. The molecule has 0 aliphatic rings. The number of halogens is 1. The van der Waals surface area contributed by atoms with E-state index >= 15 is 0 Å². The summed E-state index contributed by atoms with van der Waals surface area (Å²) in [6, 6.07) is 20.3. The highest BCUT2D eigenvalue weighted by Gasteiger charge is 2.09. The van der Waals surface area contributed by atoms with Gasteiger partial charge in [0.25, 0.3) is 0 Å². The Balaban J connectivity index is 1.90. The second-order valence-electron chi connectivity index (χ2n) is 5.26. The van der Waals surface area contributed by atoms with Crippen LogP contribution < -0.4 is 0 Å². The van der Waals surface area contributed by atoms with Gasteiger partial charge in [-0.1, -0.05) is 54.6 Å². The quantitative estimate of drug-likeness (QED) is 0.491. The zero-order chi connectivity index (χ0) is 15.1. The van der Waals surface area contributed by atoms with Gasteiger partial charge in [0, 0.05) is 16.3 Å². The number of H-pyrrole nitrogens is 1. The highest BCUT2D eigenvalue weighted by molar-refractivity contribution is 6.30. The molecule has 2 nitrogen and oxygen atoms in total. The fourth-order valence-electron chi connectivity index (χ4n) is 2.75. The van der Waals surface area contributed by atoms with E-state index in [1.165, 1.54) is 0 Å². The summed E-state index contributed by atoms with van der Waals surface area (Å²) in [7, 11) is 0. The minimum absolute atomic E-state index is 0.493. The summed E-state index contributed by atoms with van der Waals surface area (Å²) >= 11 is 5.96. The molecule has 0 bridgehead atoms. The monoisotopic (exact) mass is 304 g/mol. The van der Waals surface area contributed by atoms with Gasteiger partial charge in [0.2, 0.25) is 0 Å². The molecule has 4 rings (SSSR count). The van der Waals surface area contributed by atoms with Gasteiger partial charge in [-0.25, -0.2) is 4.98 Å². The van der Waals surface area contributed by atoms with Crippen LogP contribution in [0.15, 0.2) is 67.2 Å². The lowest BCUT2D eigenvalue weighted by atomic mass is 9.98. The Morgan fingerprint density at radius 2 is 1.73 bits per heavy atom. The molecule has 0 saturated heterocycles. The normalized spacial score (nSPS) is 11.1. The van der Waals surface area contributed by atoms with Crippen molar-refractivity contribution in [2.75, 3.05) is 0 Å². The van der Waals surface area contributed by atoms with Crippen molar-refractivity contribution < 1.29 is 0 Å². The van der Waals surface area contributed by atoms with E-state index in [0.717, 1.165) is 38.6 Å². The number of nitrogens with one attached hydrogen (secondary N) is 1. The second kappa shape index (κ2) is 5.00. The van der Waals surface area contributed by atoms with Gasteiger partial charge in [-0.15, -0.1) is 0 Å². The summed E-state index contributed by atoms with van der Waals surface area (Å²) in [6.45, 7) is 4.23. The number of rotatable bonds is 2. The standard InChI is InChI=1S/C19H13ClN2/c1-12(13-5-3-2-4-6-13)14-7-9-17-16(11-14)15-8-10-18(20)22-19(15)21-17/h2-11H,1H2,(H,21,22). The van der Waals surface area contributed by atoms with Crippen LogP contribution in [0, 0.1) is 0 Å². The molecular weight excluding hydrogens is 292 g/mol. The Hall–Kier alpha value is -2.58. The molecule has 0 aliphatic carbocycles. The van der Waals surface area contributed by atoms with Crippen LogP contribution in [-0.4, -0.2) is 9.97 Å². The second-order valence-corrected chi connectivity index (χ2v) is 5.65. The third-order valence-electron chi connectivity index (χ3n) is 3.89. The largest absolute Gasteiger partial charge is 0.339 e. The van der Waals surface area contributed by atoms with Gasteiger partial charge >= 0.3 is 0 Å². The Morgan fingerprint density at radius 3 is 2.55 bits per heavy atom. The van der Waals surface area contributed by atoms with E-state index in [2.05, 4.69) is 46.9 Å². The van der Waals surface area contributed by atoms with Gasteiger partial charge in [-0.3, -0.25) is 0 Å². The minimum Gasteiger partial charge on any atom is -0.339 e. The number of fused-ring (bicyclic) bond motifs is 3. The van der Waals surface area contributed by atoms with Crippen molar-refractivity contribution in [3.05, 3.63) is 83.5 Å². The number of aromatic amines is 1. The smallest absolute Gasteiger partial charge is 0.140 e. The van der Waals surface area contributed by atoms with Gasteiger partial charge in [-0.2, -0.15) is 0 Å². The summed E-state index contributed by atoms with van der Waals surface area (Å²) in [5.74, 6) is 0. The molecule has 2 heterocycles. The summed E-state index contributed by atoms with van der Waals surface area (Å²) in [5, 5.41) is 2.70. The highest BCUT2D eigenvalue weighted by atomic mass is 35.5. The Kier molecular flexibility index (Phi) is 2.98. The first-order valence-electron chi connectivity index (χ1n) is 7.05. The molecule has 2 aromatic carbocycles. The first-order valence-corrected chi connectivity index (χ1v) is 7.43. The van der Waals surface area contributed by atoms with E-state index in [0.29, 0.717) is 5.15 Å². The molecular formula is C19H13ClN2. The molecule has 3 heteroatoms. The van der Waals surface area contributed by atoms with Crippen LogP contribution in [0.5, 0.6) is 0 Å². The molecule has 0 spiro atoms. The van der Waals surface area contributed by atoms with E-state index in [1.54, 1.807) is 0 Å². The Labute approximate surface area is 133 Å². The zero-order valence-electron chi connectivity index (χ0n) is 11.8. The molecule has 0 amide bonds. The molecule has 0 saturated carbocycles. The molecule has 0 fully saturated rings. The van der Waals surface area contributed by atoms with Crippen LogP contribution in [0.4, 0.5) is 0 Å². The number of aromatic nitrogens is 2. The number of benzene rings is 2. The third-order valence-corrected chi connectivity index (χ3v) is 4.11. The molecule has 2 aromatic heterocycles. The number of pyridine rings is 1. The molecule has 0 unspecified atom stereocenters. The number of hydrogen-bond acceptors (Lipinski definition) is 1. The lowest BCUT2D eigenvalue weighted by Crippen LogP contribution is -1.85. The highest BCUT2D eigenvalue weighted by Crippen LogP contribution is 2.30. The lowest BCUT2D eigenvalue weighted by molar-refractivity contribution is 1.35. The molecule has 0 radical (unpaired) electrons. The molecule has 22 heavy (non-hydrogen) atoms. The van der Waals surface area contributed by atoms with Gasteiger partial charge < -0.3 is 4.98 Å². The van der Waals surface area contributed by atoms with E-state index in [-0.39, 0.29) is 0 Å². The van der Waals surface area contributed by atoms with Crippen LogP contribution in [0.1, 0.15) is 11.1 Å². The van der Waals surface area contributed by atoms with Crippen LogP contribution in [0.2, 0.25) is 5.15 Å². The van der Waals surface area contributed by atoms with Crippen LogP contribution in [-0.2, 0) is 0 Å². The molecule has 0 aliphatic heterocycles. The van der Waals surface area contributed by atoms with Crippen molar-refractivity contribution in [1.29, 1.82) is 0 Å². The molecule has 1 N–H and O–H groups in total. The predicted octanol–water partition coefficient (Wildman–Crippen LogP) is 5.43. The van der Waals surface area contributed by atoms with Gasteiger partial charge in [0.05, 0.1) is 0 Å².